The maximum Gasteiger partial charge on any atom is 0.316 e. The molecule has 0 aliphatic carbocycles. The molecule has 7 N–H and O–H groups in total. The number of primary amides is 1. The van der Waals surface area contributed by atoms with Crippen molar-refractivity contribution < 1.29 is 11.3 Å². The molecule has 1 aromatic heterocycles. The van der Waals surface area contributed by atoms with Crippen LogP contribution in [-0.4, -0.2) is 26.1 Å². The van der Waals surface area contributed by atoms with E-state index in [0.29, 0.717) is 39.4 Å². The fourth-order valence-corrected chi connectivity index (χ4v) is 4.56. The van der Waals surface area contributed by atoms with E-state index in [1.165, 1.54) is 0 Å². The van der Waals surface area contributed by atoms with Gasteiger partial charge in [-0.2, -0.15) is 25.2 Å². The number of fused-ring (bicyclic) bond motifs is 1. The molecule has 1 heterocycles. The maximum absolute atomic E-state index is 11.7. The number of phenols is 1. The summed E-state index contributed by atoms with van der Waals surface area (Å²) in [4.78, 5) is 24.4. The Labute approximate surface area is 252 Å². The number of hydrogen-bond acceptors (Lipinski definition) is 11. The molecule has 0 unspecified atom stereocenters. The molecule has 4 aromatic carbocycles. The first-order valence-electron chi connectivity index (χ1n) is 13.3. The molecule has 2 amide bonds. The van der Waals surface area contributed by atoms with Crippen molar-refractivity contribution >= 4 is 74.4 Å². The first-order valence-corrected chi connectivity index (χ1v) is 13.2. The number of azo groups is 1. The van der Waals surface area contributed by atoms with E-state index in [9.17, 15) is 9.90 Å². The molecule has 0 aliphatic heterocycles. The van der Waals surface area contributed by atoms with Gasteiger partial charge in [-0.05, 0) is 97.4 Å². The number of aryl methyl sites for hydroxylation is 3. The highest BCUT2D eigenvalue weighted by Gasteiger charge is 2.13. The fourth-order valence-electron chi connectivity index (χ4n) is 4.40. The van der Waals surface area contributed by atoms with Gasteiger partial charge in [-0.3, -0.25) is 0 Å². The third kappa shape index (κ3) is 6.63. The van der Waals surface area contributed by atoms with Crippen LogP contribution in [0.15, 0.2) is 76.0 Å². The summed E-state index contributed by atoms with van der Waals surface area (Å²) < 4.78 is 6.98. The van der Waals surface area contributed by atoms with E-state index in [1.807, 2.05) is 38.1 Å². The highest BCUT2D eigenvalue weighted by atomic mass is 35.5. The zero-order valence-corrected chi connectivity index (χ0v) is 24.0. The molecule has 13 nitrogen and oxygen atoms in total. The zero-order chi connectivity index (χ0) is 31.4. The van der Waals surface area contributed by atoms with Crippen molar-refractivity contribution in [1.29, 1.82) is 5.52 Å². The molecule has 216 valence electrons. The first-order chi connectivity index (χ1) is 21.1. The summed E-state index contributed by atoms with van der Waals surface area (Å²) >= 11 is 6.20. The fraction of sp³-hybridized carbons (Fsp3) is 0.103. The zero-order valence-electron chi connectivity index (χ0n) is 24.2. The smallest absolute Gasteiger partial charge is 0.316 e. The van der Waals surface area contributed by atoms with Crippen LogP contribution in [0, 0.1) is 26.3 Å². The molecule has 0 atom stereocenters. The molecule has 5 rings (SSSR count). The number of nitrogens with two attached hydrogens (primary N) is 1. The highest BCUT2D eigenvalue weighted by molar-refractivity contribution is 6.28. The molecule has 5 aromatic rings. The number of aromatic hydroxyl groups is 1. The van der Waals surface area contributed by atoms with E-state index in [2.05, 4.69) is 51.8 Å². The van der Waals surface area contributed by atoms with Gasteiger partial charge in [0.2, 0.25) is 18.6 Å². The first kappa shape index (κ1) is 27.5. The van der Waals surface area contributed by atoms with Gasteiger partial charge >= 0.3 is 6.03 Å². The summed E-state index contributed by atoms with van der Waals surface area (Å²) in [5.74, 6) is 0.212. The van der Waals surface area contributed by atoms with Crippen molar-refractivity contribution in [3.05, 3.63) is 82.6 Å². The van der Waals surface area contributed by atoms with E-state index in [0.717, 1.165) is 16.5 Å². The van der Waals surface area contributed by atoms with Crippen LogP contribution in [0.4, 0.5) is 50.8 Å². The number of benzene rings is 4. The lowest BCUT2D eigenvalue weighted by Gasteiger charge is -2.12. The predicted octanol–water partition coefficient (Wildman–Crippen LogP) is 8.36. The summed E-state index contributed by atoms with van der Waals surface area (Å²) in [6.07, 6.45) is 0. The van der Waals surface area contributed by atoms with Crippen LogP contribution < -0.4 is 21.7 Å². The van der Waals surface area contributed by atoms with Gasteiger partial charge in [0.15, 0.2) is 5.75 Å². The van der Waals surface area contributed by atoms with Crippen LogP contribution in [-0.2, 0) is 0 Å². The molecule has 0 fully saturated rings. The average Bonchev–Trinajstić information content (AvgIpc) is 2.95. The third-order valence-corrected chi connectivity index (χ3v) is 6.54. The van der Waals surface area contributed by atoms with E-state index in [4.69, 9.17) is 18.7 Å². The van der Waals surface area contributed by atoms with Crippen LogP contribution in [0.25, 0.3) is 10.8 Å². The van der Waals surface area contributed by atoms with Gasteiger partial charge in [0.05, 0.1) is 11.4 Å². The van der Waals surface area contributed by atoms with Gasteiger partial charge < -0.3 is 26.8 Å². The molecule has 0 bridgehead atoms. The number of rotatable bonds is 8. The molecule has 0 radical (unpaired) electrons. The second-order valence-electron chi connectivity index (χ2n) is 9.64. The van der Waals surface area contributed by atoms with Gasteiger partial charge in [0.1, 0.15) is 11.4 Å². The molecule has 0 saturated carbocycles. The molecular weight excluding hydrogens is 570 g/mol. The number of anilines is 5. The van der Waals surface area contributed by atoms with Crippen molar-refractivity contribution in [2.75, 3.05) is 16.0 Å². The van der Waals surface area contributed by atoms with E-state index in [1.54, 1.807) is 43.3 Å². The molecule has 43 heavy (non-hydrogen) atoms. The molecule has 0 aliphatic rings. The molecule has 0 saturated heterocycles. The Hall–Kier alpha value is -5.69. The number of urea groups is 1. The number of halogens is 1. The summed E-state index contributed by atoms with van der Waals surface area (Å²) in [6.45, 7) is 5.70. The van der Waals surface area contributed by atoms with Crippen LogP contribution in [0.2, 0.25) is 6.70 Å². The Morgan fingerprint density at radius 1 is 0.907 bits per heavy atom. The summed E-state index contributed by atoms with van der Waals surface area (Å²) in [5.41, 5.74) is 13.9. The Balaban J connectivity index is 1.39. The van der Waals surface area contributed by atoms with Gasteiger partial charge in [-0.1, -0.05) is 17.7 Å². The summed E-state index contributed by atoms with van der Waals surface area (Å²) in [5, 5.41) is 32.8. The second kappa shape index (κ2) is 12.0. The minimum absolute atomic E-state index is 0.0693. The Morgan fingerprint density at radius 2 is 1.58 bits per heavy atom. The number of phenolic OH excluding ortho intramolecular Hbond substituents is 1. The molecular formula is C29H26ClN11O2. The number of hydrogen-bond donors (Lipinski definition) is 6. The largest absolute Gasteiger partial charge is 0.505 e. The number of carbonyl (C=O) groups is 1. The van der Waals surface area contributed by atoms with Crippen molar-refractivity contribution in [3.8, 4) is 5.75 Å². The minimum Gasteiger partial charge on any atom is -0.505 e. The Bertz CT molecular complexity index is 1970. The monoisotopic (exact) mass is 596 g/mol. The number of aromatic nitrogens is 3. The number of carbonyl (C=O) groups excluding carboxylic acids is 1. The van der Waals surface area contributed by atoms with Gasteiger partial charge in [-0.25, -0.2) is 10.3 Å². The van der Waals surface area contributed by atoms with Crippen LogP contribution in [0.3, 0.4) is 0 Å². The standard InChI is InChI=1S/C29H26ClN11O2/c1-14-4-8-21(15(2)10-14)40-41-22-9-6-19(13-23(22)35-27(31)43)34-29-37-26(30)36-28(38-29)33-18-5-7-20-17(12-18)11-16(3)24(39-32)25(20)42/h4-13,32,42H,1-3H3,(H3,31,35,43)(H2,33,34,36,37,38)/b39-32?,41-40+/i/hD. The number of amides is 2. The number of nitrogens with one attached hydrogen (secondary N) is 4. The van der Waals surface area contributed by atoms with Crippen molar-refractivity contribution in [1.82, 2.24) is 15.0 Å². The topological polar surface area (TPSA) is 199 Å². The molecule has 14 heteroatoms. The van der Waals surface area contributed by atoms with Gasteiger partial charge in [-0.15, -0.1) is 5.11 Å². The molecule has 0 spiro atoms. The lowest BCUT2D eigenvalue weighted by molar-refractivity contribution is 0.259. The second-order valence-corrected chi connectivity index (χ2v) is 9.98. The van der Waals surface area contributed by atoms with Crippen molar-refractivity contribution in [2.45, 2.75) is 20.8 Å². The predicted molar refractivity (Wildman–Crippen MR) is 166 cm³/mol. The van der Waals surface area contributed by atoms with E-state index < -0.39 is 6.03 Å². The summed E-state index contributed by atoms with van der Waals surface area (Å²) in [7, 11) is 0. The number of nitrogens with zero attached hydrogens (tertiary/aromatic N) is 6. The average molecular weight is 597 g/mol. The lowest BCUT2D eigenvalue weighted by atomic mass is 10.0. The normalized spacial score (nSPS) is 11.7. The minimum atomic E-state index is -0.768. The maximum atomic E-state index is 11.7. The lowest BCUT2D eigenvalue weighted by Crippen LogP contribution is -2.19. The third-order valence-electron chi connectivity index (χ3n) is 6.37. The quantitative estimate of drug-likeness (QED) is 0.0965. The van der Waals surface area contributed by atoms with Crippen molar-refractivity contribution in [2.24, 2.45) is 21.1 Å². The van der Waals surface area contributed by atoms with E-state index in [-0.39, 0.29) is 28.6 Å². The van der Waals surface area contributed by atoms with Crippen LogP contribution in [0.1, 0.15) is 16.7 Å². The Morgan fingerprint density at radius 3 is 2.28 bits per heavy atom. The van der Waals surface area contributed by atoms with Gasteiger partial charge in [0, 0.05) is 16.8 Å². The van der Waals surface area contributed by atoms with Crippen LogP contribution in [0.5, 0.6) is 5.75 Å². The van der Waals surface area contributed by atoms with Crippen LogP contribution >= 0.6 is 11.6 Å². The summed E-state index contributed by atoms with van der Waals surface area (Å²) in [6, 6.07) is 17.1. The van der Waals surface area contributed by atoms with Crippen molar-refractivity contribution in [3.63, 3.8) is 0 Å². The van der Waals surface area contributed by atoms with E-state index >= 15 is 0 Å². The SMILES string of the molecule is [2H]N=Nc1c(C)cc2cc(Nc3nc(Cl)nc(Nc4ccc(/N=N/c5ccc(C)cc5C)c(NC(N)=O)c4)n3)ccc2c1O. The van der Waals surface area contributed by atoms with Gasteiger partial charge in [0.25, 0.3) is 0 Å². The highest BCUT2D eigenvalue weighted by Crippen LogP contribution is 2.39. The Kier molecular flexibility index (Phi) is 7.70.